The van der Waals surface area contributed by atoms with E-state index in [1.54, 1.807) is 17.0 Å². The predicted molar refractivity (Wildman–Crippen MR) is 112 cm³/mol. The van der Waals surface area contributed by atoms with Gasteiger partial charge in [0.1, 0.15) is 17.0 Å². The Balaban J connectivity index is 1.58. The number of carbonyl (C=O) groups excluding carboxylic acids is 1. The molecule has 2 heterocycles. The Morgan fingerprint density at radius 3 is 2.50 bits per heavy atom. The summed E-state index contributed by atoms with van der Waals surface area (Å²) in [6, 6.07) is 8.96. The third-order valence-corrected chi connectivity index (χ3v) is 6.94. The molecule has 2 aliphatic rings. The maximum Gasteiger partial charge on any atom is 0.293 e. The highest BCUT2D eigenvalue weighted by Crippen LogP contribution is 2.42. The molecule has 2 aromatic carbocycles. The van der Waals surface area contributed by atoms with Gasteiger partial charge in [0.05, 0.1) is 21.8 Å². The van der Waals surface area contributed by atoms with Crippen molar-refractivity contribution in [2.75, 3.05) is 18.0 Å². The highest BCUT2D eigenvalue weighted by atomic mass is 79.9. The van der Waals surface area contributed by atoms with Crippen LogP contribution in [0.3, 0.4) is 0 Å². The third-order valence-electron chi connectivity index (χ3n) is 5.54. The molecule has 0 atom stereocenters. The van der Waals surface area contributed by atoms with E-state index in [0.717, 1.165) is 10.5 Å². The second-order valence-electron chi connectivity index (χ2n) is 7.47. The molecule has 2 N–H and O–H groups in total. The van der Waals surface area contributed by atoms with E-state index in [0.29, 0.717) is 42.9 Å². The minimum atomic E-state index is -4.05. The predicted octanol–water partition coefficient (Wildman–Crippen LogP) is 3.01. The zero-order valence-corrected chi connectivity index (χ0v) is 18.1. The summed E-state index contributed by atoms with van der Waals surface area (Å²) in [6.07, 6.45) is 1.25. The second-order valence-corrected chi connectivity index (χ2v) is 9.94. The largest absolute Gasteiger partial charge is 0.486 e. The van der Waals surface area contributed by atoms with Gasteiger partial charge < -0.3 is 9.64 Å². The standard InChI is InChI=1S/C19H18BrN3O6S/c20-12-1-4-18-14(9-12)17(24)11-19(29-18)5-7-22(8-6-19)15-3-2-13(30(21,27)28)10-16(15)23(25)26/h1-4,9-10H,5-8,11H2,(H2,21,27,28). The Hall–Kier alpha value is -2.50. The summed E-state index contributed by atoms with van der Waals surface area (Å²) in [5.74, 6) is 0.556. The topological polar surface area (TPSA) is 133 Å². The number of Topliss-reactive ketones (excluding diaryl/α,β-unsaturated/α-hetero) is 1. The number of nitrogens with zero attached hydrogens (tertiary/aromatic N) is 2. The van der Waals surface area contributed by atoms with Gasteiger partial charge in [0, 0.05) is 36.5 Å². The molecule has 1 fully saturated rings. The number of fused-ring (bicyclic) bond motifs is 1. The summed E-state index contributed by atoms with van der Waals surface area (Å²) >= 11 is 3.36. The van der Waals surface area contributed by atoms with Crippen LogP contribution in [0.1, 0.15) is 29.6 Å². The molecule has 0 unspecified atom stereocenters. The fourth-order valence-corrected chi connectivity index (χ4v) is 4.89. The minimum absolute atomic E-state index is 0.00878. The van der Waals surface area contributed by atoms with Crippen LogP contribution in [0.15, 0.2) is 45.8 Å². The average molecular weight is 496 g/mol. The number of ether oxygens (including phenoxy) is 1. The monoisotopic (exact) mass is 495 g/mol. The Kier molecular flexibility index (Phi) is 5.07. The quantitative estimate of drug-likeness (QED) is 0.510. The smallest absolute Gasteiger partial charge is 0.293 e. The van der Waals surface area contributed by atoms with Gasteiger partial charge in [-0.1, -0.05) is 15.9 Å². The van der Waals surface area contributed by atoms with Crippen molar-refractivity contribution in [3.63, 3.8) is 0 Å². The molecule has 0 aliphatic carbocycles. The summed E-state index contributed by atoms with van der Waals surface area (Å²) in [5, 5.41) is 16.6. The molecular weight excluding hydrogens is 478 g/mol. The average Bonchev–Trinajstić information content (AvgIpc) is 2.68. The van der Waals surface area contributed by atoms with E-state index >= 15 is 0 Å². The summed E-state index contributed by atoms with van der Waals surface area (Å²) in [5.41, 5.74) is -0.113. The van der Waals surface area contributed by atoms with Crippen molar-refractivity contribution in [3.05, 3.63) is 56.5 Å². The van der Waals surface area contributed by atoms with Gasteiger partial charge in [-0.2, -0.15) is 0 Å². The highest BCUT2D eigenvalue weighted by Gasteiger charge is 2.43. The van der Waals surface area contributed by atoms with Gasteiger partial charge in [0.25, 0.3) is 5.69 Å². The number of nitro groups is 1. The normalized spacial score (nSPS) is 18.1. The van der Waals surface area contributed by atoms with Crippen LogP contribution >= 0.6 is 15.9 Å². The van der Waals surface area contributed by atoms with Crippen molar-refractivity contribution in [1.82, 2.24) is 0 Å². The number of sulfonamides is 1. The number of piperidine rings is 1. The first-order valence-corrected chi connectivity index (χ1v) is 11.5. The van der Waals surface area contributed by atoms with E-state index in [9.17, 15) is 23.3 Å². The summed E-state index contributed by atoms with van der Waals surface area (Å²) in [7, 11) is -4.05. The molecule has 158 valence electrons. The second kappa shape index (κ2) is 7.33. The van der Waals surface area contributed by atoms with E-state index in [1.807, 2.05) is 6.07 Å². The lowest BCUT2D eigenvalue weighted by Crippen LogP contribution is -2.51. The minimum Gasteiger partial charge on any atom is -0.486 e. The van der Waals surface area contributed by atoms with E-state index in [1.165, 1.54) is 12.1 Å². The molecule has 2 aliphatic heterocycles. The lowest BCUT2D eigenvalue weighted by atomic mass is 9.82. The fraction of sp³-hybridized carbons (Fsp3) is 0.316. The number of carbonyl (C=O) groups is 1. The van der Waals surface area contributed by atoms with Gasteiger partial charge in [-0.15, -0.1) is 0 Å². The zero-order chi connectivity index (χ0) is 21.7. The van der Waals surface area contributed by atoms with Crippen LogP contribution in [0, 0.1) is 10.1 Å². The number of rotatable bonds is 3. The molecule has 0 radical (unpaired) electrons. The molecule has 2 aromatic rings. The molecule has 0 saturated carbocycles. The van der Waals surface area contributed by atoms with Crippen LogP contribution in [-0.4, -0.2) is 37.8 Å². The molecular formula is C19H18BrN3O6S. The first kappa shape index (κ1) is 20.8. The molecule has 30 heavy (non-hydrogen) atoms. The SMILES string of the molecule is NS(=O)(=O)c1ccc(N2CCC3(CC2)CC(=O)c2cc(Br)ccc2O3)c([N+](=O)[O-])c1. The Bertz CT molecular complexity index is 1160. The van der Waals surface area contributed by atoms with Crippen molar-refractivity contribution in [1.29, 1.82) is 0 Å². The molecule has 0 aromatic heterocycles. The van der Waals surface area contributed by atoms with Crippen molar-refractivity contribution in [2.24, 2.45) is 5.14 Å². The summed E-state index contributed by atoms with van der Waals surface area (Å²) in [6.45, 7) is 0.851. The maximum absolute atomic E-state index is 12.7. The first-order valence-electron chi connectivity index (χ1n) is 9.16. The van der Waals surface area contributed by atoms with Crippen LogP contribution in [0.5, 0.6) is 5.75 Å². The number of benzene rings is 2. The molecule has 4 rings (SSSR count). The van der Waals surface area contributed by atoms with Crippen LogP contribution in [0.4, 0.5) is 11.4 Å². The van der Waals surface area contributed by atoms with Gasteiger partial charge in [-0.05, 0) is 30.3 Å². The fourth-order valence-electron chi connectivity index (χ4n) is 3.99. The van der Waals surface area contributed by atoms with Crippen LogP contribution in [-0.2, 0) is 10.0 Å². The van der Waals surface area contributed by atoms with E-state index < -0.39 is 20.5 Å². The van der Waals surface area contributed by atoms with E-state index in [-0.39, 0.29) is 22.8 Å². The number of primary sulfonamides is 1. The molecule has 0 bridgehead atoms. The number of halogens is 1. The molecule has 11 heteroatoms. The van der Waals surface area contributed by atoms with Gasteiger partial charge in [-0.25, -0.2) is 13.6 Å². The number of ketones is 1. The molecule has 1 spiro atoms. The van der Waals surface area contributed by atoms with Crippen LogP contribution in [0.2, 0.25) is 0 Å². The Labute approximate surface area is 181 Å². The van der Waals surface area contributed by atoms with Crippen molar-refractivity contribution < 1.29 is 22.9 Å². The zero-order valence-electron chi connectivity index (χ0n) is 15.7. The number of hydrogen-bond donors (Lipinski definition) is 1. The maximum atomic E-state index is 12.7. The lowest BCUT2D eigenvalue weighted by molar-refractivity contribution is -0.384. The van der Waals surface area contributed by atoms with Crippen LogP contribution in [0.25, 0.3) is 0 Å². The van der Waals surface area contributed by atoms with Crippen molar-refractivity contribution in [2.45, 2.75) is 29.8 Å². The Morgan fingerprint density at radius 1 is 1.17 bits per heavy atom. The van der Waals surface area contributed by atoms with Gasteiger partial charge in [-0.3, -0.25) is 14.9 Å². The molecule has 9 nitrogen and oxygen atoms in total. The van der Waals surface area contributed by atoms with Crippen molar-refractivity contribution in [3.8, 4) is 5.75 Å². The first-order chi connectivity index (χ1) is 14.1. The highest BCUT2D eigenvalue weighted by molar-refractivity contribution is 9.10. The molecule has 1 saturated heterocycles. The van der Waals surface area contributed by atoms with Gasteiger partial charge >= 0.3 is 0 Å². The van der Waals surface area contributed by atoms with E-state index in [4.69, 9.17) is 9.88 Å². The van der Waals surface area contributed by atoms with Crippen molar-refractivity contribution >= 4 is 43.1 Å². The third kappa shape index (κ3) is 3.80. The summed E-state index contributed by atoms with van der Waals surface area (Å²) in [4.78, 5) is 25.1. The molecule has 0 amide bonds. The van der Waals surface area contributed by atoms with Gasteiger partial charge in [0.2, 0.25) is 10.0 Å². The van der Waals surface area contributed by atoms with Crippen LogP contribution < -0.4 is 14.8 Å². The van der Waals surface area contributed by atoms with Gasteiger partial charge in [0.15, 0.2) is 5.78 Å². The Morgan fingerprint density at radius 2 is 1.87 bits per heavy atom. The summed E-state index contributed by atoms with van der Waals surface area (Å²) < 4.78 is 30.1. The number of nitrogens with two attached hydrogens (primary N) is 1. The number of hydrogen-bond acceptors (Lipinski definition) is 7. The van der Waals surface area contributed by atoms with E-state index in [2.05, 4.69) is 15.9 Å². The number of nitro benzene ring substituents is 1. The lowest BCUT2D eigenvalue weighted by Gasteiger charge is -2.44. The number of anilines is 1.